The van der Waals surface area contributed by atoms with Crippen LogP contribution >= 0.6 is 0 Å². The van der Waals surface area contributed by atoms with Crippen molar-refractivity contribution in [2.24, 2.45) is 13.0 Å². The van der Waals surface area contributed by atoms with Gasteiger partial charge in [-0.05, 0) is 31.6 Å². The van der Waals surface area contributed by atoms with Gasteiger partial charge in [0.1, 0.15) is 6.04 Å². The molecule has 1 aromatic heterocycles. The Kier molecular flexibility index (Phi) is 4.24. The number of rotatable bonds is 5. The predicted octanol–water partition coefficient (Wildman–Crippen LogP) is 1.89. The van der Waals surface area contributed by atoms with Crippen LogP contribution in [0, 0.1) is 5.92 Å². The van der Waals surface area contributed by atoms with Crippen LogP contribution in [0.2, 0.25) is 0 Å². The predicted molar refractivity (Wildman–Crippen MR) is 72.9 cm³/mol. The van der Waals surface area contributed by atoms with Crippen molar-refractivity contribution in [2.45, 2.75) is 51.6 Å². The first-order valence-electron chi connectivity index (χ1n) is 6.98. The van der Waals surface area contributed by atoms with Gasteiger partial charge in [0.25, 0.3) is 0 Å². The van der Waals surface area contributed by atoms with E-state index >= 15 is 0 Å². The molecule has 0 saturated carbocycles. The third kappa shape index (κ3) is 3.15. The van der Waals surface area contributed by atoms with E-state index in [1.807, 2.05) is 31.8 Å². The average Bonchev–Trinajstić information content (AvgIpc) is 2.71. The molecule has 0 spiro atoms. The Balaban J connectivity index is 2.12. The summed E-state index contributed by atoms with van der Waals surface area (Å²) in [5.74, 6) is -0.393. The second-order valence-corrected chi connectivity index (χ2v) is 5.80. The van der Waals surface area contributed by atoms with Crippen LogP contribution in [0.1, 0.15) is 50.4 Å². The summed E-state index contributed by atoms with van der Waals surface area (Å²) in [6.07, 6.45) is 5.63. The molecule has 0 saturated heterocycles. The number of aromatic nitrogens is 2. The summed E-state index contributed by atoms with van der Waals surface area (Å²) in [5, 5.41) is 16.9. The van der Waals surface area contributed by atoms with E-state index in [1.54, 1.807) is 0 Å². The molecule has 1 aromatic rings. The van der Waals surface area contributed by atoms with Crippen molar-refractivity contribution in [1.82, 2.24) is 15.1 Å². The summed E-state index contributed by atoms with van der Waals surface area (Å²) in [6.45, 7) is 4.10. The molecule has 2 N–H and O–H groups in total. The Bertz CT molecular complexity index is 454. The number of aliphatic carboxylic acids is 1. The van der Waals surface area contributed by atoms with E-state index in [0.29, 0.717) is 12.3 Å². The van der Waals surface area contributed by atoms with E-state index in [9.17, 15) is 9.90 Å². The monoisotopic (exact) mass is 265 g/mol. The summed E-state index contributed by atoms with van der Waals surface area (Å²) in [4.78, 5) is 11.3. The first-order valence-corrected chi connectivity index (χ1v) is 6.98. The summed E-state index contributed by atoms with van der Waals surface area (Å²) in [7, 11) is 1.95. The molecule has 5 heteroatoms. The average molecular weight is 265 g/mol. The molecule has 0 fully saturated rings. The smallest absolute Gasteiger partial charge is 0.320 e. The van der Waals surface area contributed by atoms with Crippen LogP contribution in [0.15, 0.2) is 6.20 Å². The molecule has 2 unspecified atom stereocenters. The van der Waals surface area contributed by atoms with Crippen LogP contribution in [-0.2, 0) is 18.3 Å². The minimum atomic E-state index is -0.760. The molecule has 1 aliphatic rings. The maximum Gasteiger partial charge on any atom is 0.320 e. The number of hydrogen-bond acceptors (Lipinski definition) is 3. The van der Waals surface area contributed by atoms with E-state index in [0.717, 1.165) is 19.3 Å². The molecule has 106 valence electrons. The summed E-state index contributed by atoms with van der Waals surface area (Å²) < 4.78 is 1.90. The van der Waals surface area contributed by atoms with E-state index in [4.69, 9.17) is 0 Å². The van der Waals surface area contributed by atoms with Crippen LogP contribution < -0.4 is 5.32 Å². The quantitative estimate of drug-likeness (QED) is 0.853. The lowest BCUT2D eigenvalue weighted by atomic mass is 9.91. The number of nitrogens with one attached hydrogen (secondary N) is 1. The van der Waals surface area contributed by atoms with E-state index in [-0.39, 0.29) is 6.04 Å². The minimum Gasteiger partial charge on any atom is -0.480 e. The molecule has 0 bridgehead atoms. The van der Waals surface area contributed by atoms with E-state index < -0.39 is 12.0 Å². The molecule has 2 atom stereocenters. The Morgan fingerprint density at radius 1 is 1.63 bits per heavy atom. The van der Waals surface area contributed by atoms with Crippen LogP contribution in [0.25, 0.3) is 0 Å². The van der Waals surface area contributed by atoms with Crippen molar-refractivity contribution in [3.8, 4) is 0 Å². The third-order valence-electron chi connectivity index (χ3n) is 3.78. The highest BCUT2D eigenvalue weighted by Gasteiger charge is 2.28. The number of nitrogens with zero attached hydrogens (tertiary/aromatic N) is 2. The topological polar surface area (TPSA) is 67.2 Å². The maximum absolute atomic E-state index is 11.3. The van der Waals surface area contributed by atoms with Crippen LogP contribution in [0.5, 0.6) is 0 Å². The number of carbonyl (C=O) groups is 1. The van der Waals surface area contributed by atoms with Crippen molar-refractivity contribution in [2.75, 3.05) is 0 Å². The molecule has 0 amide bonds. The molecule has 0 aliphatic heterocycles. The molecule has 5 nitrogen and oxygen atoms in total. The first-order chi connectivity index (χ1) is 8.99. The van der Waals surface area contributed by atoms with Gasteiger partial charge in [0.2, 0.25) is 0 Å². The lowest BCUT2D eigenvalue weighted by Gasteiger charge is -2.27. The number of fused-ring (bicyclic) bond motifs is 1. The molecular weight excluding hydrogens is 242 g/mol. The molecule has 2 rings (SSSR count). The lowest BCUT2D eigenvalue weighted by molar-refractivity contribution is -0.140. The normalized spacial score (nSPS) is 20.3. The number of hydrogen-bond donors (Lipinski definition) is 2. The van der Waals surface area contributed by atoms with Crippen molar-refractivity contribution >= 4 is 5.97 Å². The standard InChI is InChI=1S/C14H23N3O2/c1-9(2)7-12(14(18)19)16-11-5-4-6-13-10(11)8-15-17(13)3/h8-9,11-12,16H,4-7H2,1-3H3,(H,18,19). The Hall–Kier alpha value is -1.36. The van der Waals surface area contributed by atoms with Gasteiger partial charge in [0.15, 0.2) is 0 Å². The summed E-state index contributed by atoms with van der Waals surface area (Å²) in [6, 6.07) is -0.353. The fraction of sp³-hybridized carbons (Fsp3) is 0.714. The fourth-order valence-corrected chi connectivity index (χ4v) is 2.83. The SMILES string of the molecule is CC(C)CC(NC1CCCc2c1cnn2C)C(=O)O. The van der Waals surface area contributed by atoms with Crippen LogP contribution in [0.3, 0.4) is 0 Å². The Morgan fingerprint density at radius 2 is 2.37 bits per heavy atom. The molecule has 0 radical (unpaired) electrons. The lowest BCUT2D eigenvalue weighted by Crippen LogP contribution is -2.41. The molecule has 1 heterocycles. The second kappa shape index (κ2) is 5.74. The third-order valence-corrected chi connectivity index (χ3v) is 3.78. The number of aryl methyl sites for hydroxylation is 1. The van der Waals surface area contributed by atoms with Crippen molar-refractivity contribution in [3.05, 3.63) is 17.5 Å². The van der Waals surface area contributed by atoms with Gasteiger partial charge in [-0.2, -0.15) is 5.10 Å². The minimum absolute atomic E-state index is 0.122. The maximum atomic E-state index is 11.3. The Labute approximate surface area is 114 Å². The van der Waals surface area contributed by atoms with E-state index in [2.05, 4.69) is 10.4 Å². The van der Waals surface area contributed by atoms with Gasteiger partial charge in [0, 0.05) is 24.3 Å². The van der Waals surface area contributed by atoms with Gasteiger partial charge in [0.05, 0.1) is 6.20 Å². The number of carboxylic acids is 1. The van der Waals surface area contributed by atoms with Gasteiger partial charge >= 0.3 is 5.97 Å². The highest BCUT2D eigenvalue weighted by atomic mass is 16.4. The highest BCUT2D eigenvalue weighted by molar-refractivity contribution is 5.73. The molecular formula is C14H23N3O2. The number of carboxylic acid groups (broad SMARTS) is 1. The van der Waals surface area contributed by atoms with Gasteiger partial charge < -0.3 is 5.11 Å². The van der Waals surface area contributed by atoms with Crippen molar-refractivity contribution < 1.29 is 9.90 Å². The zero-order chi connectivity index (χ0) is 14.0. The zero-order valence-electron chi connectivity index (χ0n) is 11.9. The van der Waals surface area contributed by atoms with Crippen molar-refractivity contribution in [3.63, 3.8) is 0 Å². The van der Waals surface area contributed by atoms with Gasteiger partial charge in [-0.3, -0.25) is 14.8 Å². The molecule has 1 aliphatic carbocycles. The highest BCUT2D eigenvalue weighted by Crippen LogP contribution is 2.30. The summed E-state index contributed by atoms with van der Waals surface area (Å²) >= 11 is 0. The van der Waals surface area contributed by atoms with Crippen molar-refractivity contribution in [1.29, 1.82) is 0 Å². The molecule has 19 heavy (non-hydrogen) atoms. The van der Waals surface area contributed by atoms with Crippen LogP contribution in [-0.4, -0.2) is 26.9 Å². The van der Waals surface area contributed by atoms with Gasteiger partial charge in [-0.25, -0.2) is 0 Å². The van der Waals surface area contributed by atoms with Crippen LogP contribution in [0.4, 0.5) is 0 Å². The fourth-order valence-electron chi connectivity index (χ4n) is 2.83. The largest absolute Gasteiger partial charge is 0.480 e. The van der Waals surface area contributed by atoms with E-state index in [1.165, 1.54) is 11.3 Å². The molecule has 0 aromatic carbocycles. The van der Waals surface area contributed by atoms with Gasteiger partial charge in [-0.1, -0.05) is 13.8 Å². The van der Waals surface area contributed by atoms with Gasteiger partial charge in [-0.15, -0.1) is 0 Å². The second-order valence-electron chi connectivity index (χ2n) is 5.80. The summed E-state index contributed by atoms with van der Waals surface area (Å²) in [5.41, 5.74) is 2.40. The Morgan fingerprint density at radius 3 is 3.00 bits per heavy atom. The first kappa shape index (κ1) is 14.1. The zero-order valence-corrected chi connectivity index (χ0v) is 11.9.